The quantitative estimate of drug-likeness (QED) is 0.478. The van der Waals surface area contributed by atoms with Gasteiger partial charge in [-0.3, -0.25) is 9.69 Å². The van der Waals surface area contributed by atoms with E-state index in [1.807, 2.05) is 35.2 Å². The van der Waals surface area contributed by atoms with E-state index in [1.165, 1.54) is 7.11 Å². The van der Waals surface area contributed by atoms with Crippen LogP contribution >= 0.6 is 0 Å². The van der Waals surface area contributed by atoms with Crippen molar-refractivity contribution in [3.63, 3.8) is 0 Å². The number of hydrogen-bond acceptors (Lipinski definition) is 6. The number of nitrogens with one attached hydrogen (secondary N) is 1. The number of benzene rings is 1. The van der Waals surface area contributed by atoms with E-state index in [-0.39, 0.29) is 47.5 Å². The number of carbonyl (C=O) groups is 2. The van der Waals surface area contributed by atoms with E-state index in [2.05, 4.69) is 39.2 Å². The number of methoxy groups -OCH3 is 1. The minimum absolute atomic E-state index is 0.0409. The normalized spacial score (nSPS) is 30.7. The van der Waals surface area contributed by atoms with Crippen LogP contribution in [0, 0.1) is 17.8 Å². The van der Waals surface area contributed by atoms with Gasteiger partial charge < -0.3 is 19.2 Å². The summed E-state index contributed by atoms with van der Waals surface area (Å²) in [6.45, 7) is 13.2. The molecular weight excluding hydrogens is 448 g/mol. The van der Waals surface area contributed by atoms with Crippen LogP contribution in [0.1, 0.15) is 39.2 Å². The van der Waals surface area contributed by atoms with Crippen molar-refractivity contribution in [2.75, 3.05) is 26.8 Å². The summed E-state index contributed by atoms with van der Waals surface area (Å²) in [5, 5.41) is 3.64. The first-order valence-corrected chi connectivity index (χ1v) is 15.4. The molecule has 1 amide bonds. The van der Waals surface area contributed by atoms with Crippen LogP contribution < -0.4 is 5.32 Å². The van der Waals surface area contributed by atoms with Crippen molar-refractivity contribution in [3.8, 4) is 0 Å². The molecule has 0 spiro atoms. The van der Waals surface area contributed by atoms with Crippen molar-refractivity contribution in [2.45, 2.75) is 69.9 Å². The van der Waals surface area contributed by atoms with E-state index < -0.39 is 13.9 Å². The van der Waals surface area contributed by atoms with E-state index in [4.69, 9.17) is 13.9 Å². The second-order valence-corrected chi connectivity index (χ2v) is 16.5. The predicted molar refractivity (Wildman–Crippen MR) is 133 cm³/mol. The summed E-state index contributed by atoms with van der Waals surface area (Å²) in [5.41, 5.74) is 0.332. The van der Waals surface area contributed by atoms with Crippen LogP contribution in [-0.2, 0) is 25.3 Å². The molecule has 7 nitrogen and oxygen atoms in total. The highest BCUT2D eigenvalue weighted by molar-refractivity contribution is 6.74. The van der Waals surface area contributed by atoms with Gasteiger partial charge in [0.2, 0.25) is 0 Å². The van der Waals surface area contributed by atoms with Crippen LogP contribution in [0.3, 0.4) is 0 Å². The third kappa shape index (κ3) is 4.29. The van der Waals surface area contributed by atoms with Gasteiger partial charge in [-0.05, 0) is 54.9 Å². The van der Waals surface area contributed by atoms with Crippen LogP contribution in [0.2, 0.25) is 18.1 Å². The highest BCUT2D eigenvalue weighted by atomic mass is 28.4. The predicted octanol–water partition coefficient (Wildman–Crippen LogP) is 4.19. The molecule has 1 saturated carbocycles. The molecule has 1 aliphatic carbocycles. The molecule has 2 heterocycles. The van der Waals surface area contributed by atoms with Crippen LogP contribution in [0.15, 0.2) is 30.3 Å². The fraction of sp³-hybridized carbons (Fsp3) is 0.692. The number of nitrogens with zero attached hydrogens (tertiary/aromatic N) is 1. The maximum absolute atomic E-state index is 13.6. The van der Waals surface area contributed by atoms with Crippen molar-refractivity contribution in [1.29, 1.82) is 0 Å². The zero-order valence-corrected chi connectivity index (χ0v) is 22.4. The fourth-order valence-electron chi connectivity index (χ4n) is 6.00. The number of ether oxygens (including phenoxy) is 2. The minimum atomic E-state index is -2.10. The molecular formula is C26H40N2O5Si. The van der Waals surface area contributed by atoms with Gasteiger partial charge >= 0.3 is 12.1 Å². The first-order chi connectivity index (χ1) is 16.0. The summed E-state index contributed by atoms with van der Waals surface area (Å²) < 4.78 is 17.8. The number of likely N-dealkylation sites (tertiary alicyclic amines) is 1. The first kappa shape index (κ1) is 25.2. The Morgan fingerprint density at radius 2 is 1.91 bits per heavy atom. The third-order valence-electron chi connectivity index (χ3n) is 8.85. The molecule has 2 aliphatic heterocycles. The summed E-state index contributed by atoms with van der Waals surface area (Å²) in [6.07, 6.45) is 1.35. The van der Waals surface area contributed by atoms with Gasteiger partial charge in [-0.1, -0.05) is 51.1 Å². The minimum Gasteiger partial charge on any atom is -0.469 e. The molecule has 5 atom stereocenters. The van der Waals surface area contributed by atoms with Crippen molar-refractivity contribution in [2.24, 2.45) is 17.8 Å². The van der Waals surface area contributed by atoms with E-state index in [0.717, 1.165) is 24.9 Å². The summed E-state index contributed by atoms with van der Waals surface area (Å²) in [6, 6.07) is 9.52. The highest BCUT2D eigenvalue weighted by Gasteiger charge is 2.67. The van der Waals surface area contributed by atoms with E-state index in [1.54, 1.807) is 0 Å². The monoisotopic (exact) mass is 488 g/mol. The van der Waals surface area contributed by atoms with Gasteiger partial charge in [0.25, 0.3) is 0 Å². The Morgan fingerprint density at radius 3 is 2.56 bits per heavy atom. The number of carbonyl (C=O) groups excluding carboxylic acids is 2. The molecule has 3 aliphatic rings. The van der Waals surface area contributed by atoms with Gasteiger partial charge in [0, 0.05) is 12.6 Å². The molecule has 4 rings (SSSR count). The fourth-order valence-corrected chi connectivity index (χ4v) is 7.02. The molecule has 34 heavy (non-hydrogen) atoms. The Balaban J connectivity index is 1.66. The lowest BCUT2D eigenvalue weighted by Crippen LogP contribution is -2.73. The van der Waals surface area contributed by atoms with Crippen molar-refractivity contribution in [3.05, 3.63) is 35.9 Å². The lowest BCUT2D eigenvalue weighted by molar-refractivity contribution is -0.153. The summed E-state index contributed by atoms with van der Waals surface area (Å²) in [5.74, 6) is -0.0102. The van der Waals surface area contributed by atoms with E-state index in [0.29, 0.717) is 13.2 Å². The number of hydrogen-bond donors (Lipinski definition) is 1. The van der Waals surface area contributed by atoms with Crippen molar-refractivity contribution in [1.82, 2.24) is 10.2 Å². The van der Waals surface area contributed by atoms with Crippen molar-refractivity contribution >= 4 is 20.4 Å². The Hall–Kier alpha value is -1.90. The van der Waals surface area contributed by atoms with Gasteiger partial charge in [-0.2, -0.15) is 0 Å². The molecule has 0 radical (unpaired) electrons. The lowest BCUT2D eigenvalue weighted by atomic mass is 9.60. The van der Waals surface area contributed by atoms with Crippen molar-refractivity contribution < 1.29 is 23.5 Å². The number of amides is 1. The van der Waals surface area contributed by atoms with Gasteiger partial charge in [0.1, 0.15) is 6.61 Å². The maximum Gasteiger partial charge on any atom is 0.410 e. The molecule has 1 aromatic carbocycles. The van der Waals surface area contributed by atoms with Gasteiger partial charge in [-0.25, -0.2) is 4.79 Å². The van der Waals surface area contributed by atoms with Gasteiger partial charge in [-0.15, -0.1) is 0 Å². The molecule has 4 bridgehead atoms. The molecule has 0 unspecified atom stereocenters. The smallest absolute Gasteiger partial charge is 0.410 e. The number of esters is 1. The molecule has 2 saturated heterocycles. The second kappa shape index (κ2) is 9.28. The van der Waals surface area contributed by atoms with E-state index in [9.17, 15) is 9.59 Å². The Bertz CT molecular complexity index is 902. The molecule has 1 aromatic rings. The van der Waals surface area contributed by atoms with Crippen LogP contribution in [0.4, 0.5) is 4.79 Å². The molecule has 0 aromatic heterocycles. The maximum atomic E-state index is 13.6. The average Bonchev–Trinajstić information content (AvgIpc) is 3.04. The molecule has 1 N–H and O–H groups in total. The number of rotatable bonds is 6. The average molecular weight is 489 g/mol. The lowest BCUT2D eigenvalue weighted by Gasteiger charge is -2.56. The first-order valence-electron chi connectivity index (χ1n) is 12.4. The topological polar surface area (TPSA) is 77.1 Å². The van der Waals surface area contributed by atoms with E-state index >= 15 is 0 Å². The molecule has 188 valence electrons. The largest absolute Gasteiger partial charge is 0.469 e. The van der Waals surface area contributed by atoms with Crippen LogP contribution in [0.25, 0.3) is 0 Å². The van der Waals surface area contributed by atoms with Crippen LogP contribution in [0.5, 0.6) is 0 Å². The molecule has 8 heteroatoms. The Labute approximate surface area is 204 Å². The molecule has 3 fully saturated rings. The number of piperidine rings is 1. The van der Waals surface area contributed by atoms with Crippen LogP contribution in [-0.4, -0.2) is 63.7 Å². The second-order valence-electron chi connectivity index (χ2n) is 11.6. The Kier molecular flexibility index (Phi) is 6.88. The zero-order valence-electron chi connectivity index (χ0n) is 21.4. The summed E-state index contributed by atoms with van der Waals surface area (Å²) >= 11 is 0. The zero-order chi connectivity index (χ0) is 24.7. The standard InChI is InChI=1S/C26H40N2O5Si/c1-25(2,3)34(5,6)33-17-26-21-12-13-27-22(26)20(23(29)31-4)14-19(21)15-28(26)24(30)32-16-18-10-8-7-9-11-18/h7-11,19-22,27H,12-17H2,1-6H3/t19-,20-,21+,22-,26-/m0/s1. The third-order valence-corrected chi connectivity index (χ3v) is 13.3. The van der Waals surface area contributed by atoms with Gasteiger partial charge in [0.05, 0.1) is 25.2 Å². The SMILES string of the molecule is COC(=O)[C@H]1C[C@H]2CN(C(=O)OCc3ccccc3)[C@@]3(CO[Si](C)(C)C(C)(C)C)[C@@H]2CCN[C@@H]13. The Morgan fingerprint density at radius 1 is 1.21 bits per heavy atom. The highest BCUT2D eigenvalue weighted by Crippen LogP contribution is 2.55. The summed E-state index contributed by atoms with van der Waals surface area (Å²) in [7, 11) is -0.649. The van der Waals surface area contributed by atoms with Gasteiger partial charge in [0.15, 0.2) is 8.32 Å². The summed E-state index contributed by atoms with van der Waals surface area (Å²) in [4.78, 5) is 28.3.